The highest BCUT2D eigenvalue weighted by Gasteiger charge is 2.04. The van der Waals surface area contributed by atoms with Gasteiger partial charge in [0.2, 0.25) is 0 Å². The van der Waals surface area contributed by atoms with Crippen LogP contribution < -0.4 is 5.56 Å². The summed E-state index contributed by atoms with van der Waals surface area (Å²) in [5, 5.41) is 8.38. The standard InChI is InChI=1S/C10H12IN3O/c1-8-13-7-9(11)10(15)14(8)6-4-2-3-5-12/h7H,2-4,6H2,1H3. The minimum absolute atomic E-state index is 0.0139. The highest BCUT2D eigenvalue weighted by atomic mass is 127. The third-order valence-electron chi connectivity index (χ3n) is 2.13. The fourth-order valence-electron chi connectivity index (χ4n) is 1.29. The second-order valence-electron chi connectivity index (χ2n) is 3.23. The number of hydrogen-bond donors (Lipinski definition) is 0. The van der Waals surface area contributed by atoms with E-state index in [0.29, 0.717) is 16.5 Å². The van der Waals surface area contributed by atoms with E-state index in [1.807, 2.05) is 29.5 Å². The van der Waals surface area contributed by atoms with E-state index in [1.165, 1.54) is 0 Å². The number of nitriles is 1. The molecule has 5 heteroatoms. The first-order valence-electron chi connectivity index (χ1n) is 4.75. The normalized spacial score (nSPS) is 9.93. The third kappa shape index (κ3) is 3.30. The quantitative estimate of drug-likeness (QED) is 0.629. The van der Waals surface area contributed by atoms with Crippen LogP contribution in [-0.2, 0) is 6.54 Å². The van der Waals surface area contributed by atoms with Crippen LogP contribution in [0.15, 0.2) is 11.0 Å². The molecule has 0 saturated heterocycles. The highest BCUT2D eigenvalue weighted by molar-refractivity contribution is 14.1. The van der Waals surface area contributed by atoms with Crippen molar-refractivity contribution in [3.8, 4) is 6.07 Å². The van der Waals surface area contributed by atoms with Gasteiger partial charge in [0.1, 0.15) is 5.82 Å². The van der Waals surface area contributed by atoms with Gasteiger partial charge in [0.05, 0.1) is 9.64 Å². The Hall–Kier alpha value is -0.900. The van der Waals surface area contributed by atoms with Crippen molar-refractivity contribution in [3.05, 3.63) is 25.9 Å². The summed E-state index contributed by atoms with van der Waals surface area (Å²) in [4.78, 5) is 15.8. The van der Waals surface area contributed by atoms with Gasteiger partial charge in [-0.1, -0.05) is 0 Å². The van der Waals surface area contributed by atoms with Gasteiger partial charge in [0.25, 0.3) is 5.56 Å². The van der Waals surface area contributed by atoms with E-state index in [2.05, 4.69) is 11.1 Å². The number of aryl methyl sites for hydroxylation is 1. The summed E-state index contributed by atoms with van der Waals surface area (Å²) in [6.07, 6.45) is 3.80. The largest absolute Gasteiger partial charge is 0.296 e. The van der Waals surface area contributed by atoms with Crippen molar-refractivity contribution < 1.29 is 0 Å². The van der Waals surface area contributed by atoms with E-state index >= 15 is 0 Å². The molecule has 0 fully saturated rings. The number of aromatic nitrogens is 2. The molecule has 1 rings (SSSR count). The number of unbranched alkanes of at least 4 members (excludes halogenated alkanes) is 2. The Kier molecular flexibility index (Phi) is 4.75. The van der Waals surface area contributed by atoms with Crippen molar-refractivity contribution in [2.45, 2.75) is 32.7 Å². The van der Waals surface area contributed by atoms with E-state index in [0.717, 1.165) is 18.7 Å². The third-order valence-corrected chi connectivity index (χ3v) is 2.87. The summed E-state index contributed by atoms with van der Waals surface area (Å²) in [5.74, 6) is 0.734. The number of rotatable bonds is 4. The highest BCUT2D eigenvalue weighted by Crippen LogP contribution is 2.01. The molecule has 0 radical (unpaired) electrons. The molecule has 0 bridgehead atoms. The van der Waals surface area contributed by atoms with Crippen LogP contribution in [0.2, 0.25) is 0 Å². The maximum Gasteiger partial charge on any atom is 0.266 e. The van der Waals surface area contributed by atoms with Crippen LogP contribution in [-0.4, -0.2) is 9.55 Å². The van der Waals surface area contributed by atoms with Crippen molar-refractivity contribution in [2.24, 2.45) is 0 Å². The van der Waals surface area contributed by atoms with E-state index in [4.69, 9.17) is 5.26 Å². The molecule has 0 saturated carbocycles. The summed E-state index contributed by atoms with van der Waals surface area (Å²) in [7, 11) is 0. The topological polar surface area (TPSA) is 58.7 Å². The lowest BCUT2D eigenvalue weighted by Gasteiger charge is -2.08. The first-order chi connectivity index (χ1) is 7.16. The van der Waals surface area contributed by atoms with Crippen molar-refractivity contribution in [2.75, 3.05) is 0 Å². The molecular formula is C10H12IN3O. The monoisotopic (exact) mass is 317 g/mol. The van der Waals surface area contributed by atoms with Crippen LogP contribution in [0, 0.1) is 21.8 Å². The maximum absolute atomic E-state index is 11.7. The Morgan fingerprint density at radius 3 is 3.00 bits per heavy atom. The summed E-state index contributed by atoms with van der Waals surface area (Å²) in [6, 6.07) is 2.09. The van der Waals surface area contributed by atoms with Crippen molar-refractivity contribution in [1.29, 1.82) is 5.26 Å². The lowest BCUT2D eigenvalue weighted by molar-refractivity contribution is 0.572. The molecule has 15 heavy (non-hydrogen) atoms. The Balaban J connectivity index is 2.73. The minimum Gasteiger partial charge on any atom is -0.296 e. The van der Waals surface area contributed by atoms with Crippen LogP contribution in [0.3, 0.4) is 0 Å². The molecule has 0 atom stereocenters. The summed E-state index contributed by atoms with van der Waals surface area (Å²) >= 11 is 1.99. The lowest BCUT2D eigenvalue weighted by atomic mass is 10.2. The summed E-state index contributed by atoms with van der Waals surface area (Å²) < 4.78 is 2.30. The van der Waals surface area contributed by atoms with Crippen LogP contribution in [0.25, 0.3) is 0 Å². The molecule has 1 aromatic rings. The Labute approximate surface area is 102 Å². The van der Waals surface area contributed by atoms with Crippen LogP contribution in [0.5, 0.6) is 0 Å². The summed E-state index contributed by atoms with van der Waals surface area (Å²) in [6.45, 7) is 2.47. The van der Waals surface area contributed by atoms with Crippen molar-refractivity contribution in [1.82, 2.24) is 9.55 Å². The van der Waals surface area contributed by atoms with Crippen molar-refractivity contribution >= 4 is 22.6 Å². The first-order valence-corrected chi connectivity index (χ1v) is 5.83. The van der Waals surface area contributed by atoms with Gasteiger partial charge in [-0.25, -0.2) is 4.98 Å². The van der Waals surface area contributed by atoms with Gasteiger partial charge in [-0.05, 0) is 42.4 Å². The smallest absolute Gasteiger partial charge is 0.266 e. The Bertz CT molecular complexity index is 433. The van der Waals surface area contributed by atoms with Gasteiger partial charge < -0.3 is 0 Å². The zero-order chi connectivity index (χ0) is 11.3. The summed E-state index contributed by atoms with van der Waals surface area (Å²) in [5.41, 5.74) is 0.0139. The second kappa shape index (κ2) is 5.85. The van der Waals surface area contributed by atoms with Gasteiger partial charge in [0.15, 0.2) is 0 Å². The average molecular weight is 317 g/mol. The molecule has 80 valence electrons. The maximum atomic E-state index is 11.7. The second-order valence-corrected chi connectivity index (χ2v) is 4.39. The lowest BCUT2D eigenvalue weighted by Crippen LogP contribution is -2.25. The Morgan fingerprint density at radius 2 is 2.33 bits per heavy atom. The molecule has 0 spiro atoms. The van der Waals surface area contributed by atoms with Crippen molar-refractivity contribution in [3.63, 3.8) is 0 Å². The molecule has 4 nitrogen and oxygen atoms in total. The van der Waals surface area contributed by atoms with Gasteiger partial charge >= 0.3 is 0 Å². The number of hydrogen-bond acceptors (Lipinski definition) is 3. The van der Waals surface area contributed by atoms with Crippen LogP contribution >= 0.6 is 22.6 Å². The molecule has 0 aliphatic heterocycles. The molecule has 0 aliphatic carbocycles. The van der Waals surface area contributed by atoms with Gasteiger partial charge in [-0.2, -0.15) is 5.26 Å². The molecular weight excluding hydrogens is 305 g/mol. The van der Waals surface area contributed by atoms with E-state index < -0.39 is 0 Å². The van der Waals surface area contributed by atoms with Gasteiger partial charge in [0, 0.05) is 19.2 Å². The van der Waals surface area contributed by atoms with E-state index in [9.17, 15) is 4.79 Å². The molecule has 1 heterocycles. The van der Waals surface area contributed by atoms with Crippen LogP contribution in [0.4, 0.5) is 0 Å². The molecule has 0 unspecified atom stereocenters. The SMILES string of the molecule is Cc1ncc(I)c(=O)n1CCCCC#N. The first kappa shape index (κ1) is 12.2. The van der Waals surface area contributed by atoms with E-state index in [-0.39, 0.29) is 5.56 Å². The average Bonchev–Trinajstić information content (AvgIpc) is 2.23. The van der Waals surface area contributed by atoms with Gasteiger partial charge in [-0.15, -0.1) is 0 Å². The van der Waals surface area contributed by atoms with Crippen LogP contribution in [0.1, 0.15) is 25.1 Å². The van der Waals surface area contributed by atoms with Gasteiger partial charge in [-0.3, -0.25) is 9.36 Å². The zero-order valence-electron chi connectivity index (χ0n) is 8.53. The molecule has 0 aliphatic rings. The zero-order valence-corrected chi connectivity index (χ0v) is 10.7. The fraction of sp³-hybridized carbons (Fsp3) is 0.500. The number of nitrogens with zero attached hydrogens (tertiary/aromatic N) is 3. The molecule has 0 N–H and O–H groups in total. The minimum atomic E-state index is 0.0139. The molecule has 0 aromatic carbocycles. The predicted molar refractivity (Wildman–Crippen MR) is 65.4 cm³/mol. The molecule has 0 amide bonds. The van der Waals surface area contributed by atoms with E-state index in [1.54, 1.807) is 10.8 Å². The molecule has 1 aromatic heterocycles. The number of halogens is 1. The fourth-order valence-corrected chi connectivity index (χ4v) is 1.72. The Morgan fingerprint density at radius 1 is 1.60 bits per heavy atom. The predicted octanol–water partition coefficient (Wildman–Crippen LogP) is 1.85.